The Labute approximate surface area is 179 Å². The van der Waals surface area contributed by atoms with E-state index >= 15 is 0 Å². The van der Waals surface area contributed by atoms with Crippen molar-refractivity contribution in [2.45, 2.75) is 55.8 Å². The number of amidine groups is 1. The highest BCUT2D eigenvalue weighted by molar-refractivity contribution is 8.25. The Morgan fingerprint density at radius 1 is 1.31 bits per heavy atom. The highest BCUT2D eigenvalue weighted by atomic mass is 32.2. The van der Waals surface area contributed by atoms with Gasteiger partial charge in [0.05, 0.1) is 23.1 Å². The Kier molecular flexibility index (Phi) is 9.47. The molecule has 0 aromatic carbocycles. The first-order valence-electron chi connectivity index (χ1n) is 9.49. The van der Waals surface area contributed by atoms with Crippen LogP contribution >= 0.6 is 23.5 Å². The number of nitrogens with zero attached hydrogens (tertiary/aromatic N) is 2. The molecule has 29 heavy (non-hydrogen) atoms. The predicted octanol–water partition coefficient (Wildman–Crippen LogP) is 2.02. The van der Waals surface area contributed by atoms with E-state index in [1.54, 1.807) is 35.2 Å². The first-order chi connectivity index (χ1) is 13.8. The van der Waals surface area contributed by atoms with Gasteiger partial charge in [0, 0.05) is 24.8 Å². The van der Waals surface area contributed by atoms with Crippen LogP contribution in [0, 0.1) is 0 Å². The van der Waals surface area contributed by atoms with E-state index in [2.05, 4.69) is 41.4 Å². The van der Waals surface area contributed by atoms with Gasteiger partial charge in [-0.05, 0) is 13.0 Å². The van der Waals surface area contributed by atoms with E-state index in [4.69, 9.17) is 9.62 Å². The number of carbonyl (C=O) groups is 2. The Bertz CT molecular complexity index is 717. The van der Waals surface area contributed by atoms with Crippen LogP contribution in [0.5, 0.6) is 0 Å². The van der Waals surface area contributed by atoms with Crippen LogP contribution in [0.4, 0.5) is 0 Å². The second-order valence-electron chi connectivity index (χ2n) is 7.56. The van der Waals surface area contributed by atoms with Gasteiger partial charge in [0.15, 0.2) is 5.17 Å². The lowest BCUT2D eigenvalue weighted by Gasteiger charge is -2.13. The minimum absolute atomic E-state index is 0.0534. The smallest absolute Gasteiger partial charge is 0.244 e. The van der Waals surface area contributed by atoms with Gasteiger partial charge in [-0.15, -0.1) is 11.8 Å². The van der Waals surface area contributed by atoms with Gasteiger partial charge >= 0.3 is 0 Å². The number of hydroxylamine groups is 1. The number of carbonyl (C=O) groups excluding carboxylic acids is 2. The van der Waals surface area contributed by atoms with E-state index in [0.29, 0.717) is 49.3 Å². The second-order valence-corrected chi connectivity index (χ2v) is 10.2. The molecule has 2 heterocycles. The summed E-state index contributed by atoms with van der Waals surface area (Å²) < 4.78 is 6.03. The fourth-order valence-corrected chi connectivity index (χ4v) is 4.45. The normalized spacial score (nSPS) is 16.6. The molecular formula is C18H29N5O4S2. The lowest BCUT2D eigenvalue weighted by molar-refractivity contribution is -0.129. The molecule has 0 bridgehead atoms. The Balaban J connectivity index is 1.57. The number of rotatable bonds is 10. The largest absolute Gasteiger partial charge is 0.444 e. The average Bonchev–Trinajstić information content (AvgIpc) is 3.31. The first-order valence-corrected chi connectivity index (χ1v) is 11.4. The van der Waals surface area contributed by atoms with Crippen molar-refractivity contribution >= 4 is 40.5 Å². The number of aliphatic imine (C=N–C) groups is 1. The van der Waals surface area contributed by atoms with Gasteiger partial charge in [-0.3, -0.25) is 19.8 Å². The SMILES string of the molecule is CC(C)(C)c1cnc(CSC2CN=C(NC(=O)CCCNCCC(=O)NO)S2)o1. The van der Waals surface area contributed by atoms with Gasteiger partial charge in [-0.25, -0.2) is 10.5 Å². The molecule has 0 fully saturated rings. The summed E-state index contributed by atoms with van der Waals surface area (Å²) in [5.74, 6) is 1.75. The molecule has 0 spiro atoms. The number of nitrogens with one attached hydrogen (secondary N) is 3. The first kappa shape index (κ1) is 23.7. The lowest BCUT2D eigenvalue weighted by Crippen LogP contribution is -2.29. The van der Waals surface area contributed by atoms with Crippen LogP contribution < -0.4 is 16.1 Å². The summed E-state index contributed by atoms with van der Waals surface area (Å²) in [4.78, 5) is 31.6. The molecule has 1 aromatic heterocycles. The lowest BCUT2D eigenvalue weighted by atomic mass is 9.94. The van der Waals surface area contributed by atoms with Gasteiger partial charge in [-0.1, -0.05) is 32.5 Å². The van der Waals surface area contributed by atoms with Crippen molar-refractivity contribution in [2.75, 3.05) is 19.6 Å². The number of aromatic nitrogens is 1. The molecule has 0 aliphatic carbocycles. The molecule has 0 saturated carbocycles. The third-order valence-electron chi connectivity index (χ3n) is 3.97. The average molecular weight is 444 g/mol. The third kappa shape index (κ3) is 8.77. The molecule has 1 atom stereocenters. The molecule has 9 nitrogen and oxygen atoms in total. The number of hydrogen-bond acceptors (Lipinski definition) is 9. The number of amides is 2. The zero-order valence-electron chi connectivity index (χ0n) is 17.0. The number of thioether (sulfide) groups is 2. The van der Waals surface area contributed by atoms with E-state index in [-0.39, 0.29) is 22.3 Å². The van der Waals surface area contributed by atoms with Gasteiger partial charge in [0.1, 0.15) is 5.76 Å². The Morgan fingerprint density at radius 2 is 2.10 bits per heavy atom. The van der Waals surface area contributed by atoms with Crippen molar-refractivity contribution in [3.63, 3.8) is 0 Å². The van der Waals surface area contributed by atoms with E-state index in [0.717, 1.165) is 5.76 Å². The fraction of sp³-hybridized carbons (Fsp3) is 0.667. The maximum atomic E-state index is 12.0. The maximum absolute atomic E-state index is 12.0. The van der Waals surface area contributed by atoms with Crippen LogP contribution in [0.2, 0.25) is 0 Å². The van der Waals surface area contributed by atoms with E-state index in [1.165, 1.54) is 0 Å². The predicted molar refractivity (Wildman–Crippen MR) is 115 cm³/mol. The highest BCUT2D eigenvalue weighted by Gasteiger charge is 2.23. The summed E-state index contributed by atoms with van der Waals surface area (Å²) in [6, 6.07) is 0. The molecule has 1 aliphatic heterocycles. The zero-order chi connectivity index (χ0) is 21.3. The molecule has 2 amide bonds. The molecule has 4 N–H and O–H groups in total. The van der Waals surface area contributed by atoms with Crippen LogP contribution in [-0.2, 0) is 20.8 Å². The maximum Gasteiger partial charge on any atom is 0.244 e. The molecule has 1 aromatic rings. The van der Waals surface area contributed by atoms with Crippen molar-refractivity contribution in [1.82, 2.24) is 21.1 Å². The minimum atomic E-state index is -0.434. The summed E-state index contributed by atoms with van der Waals surface area (Å²) in [7, 11) is 0. The second kappa shape index (κ2) is 11.6. The van der Waals surface area contributed by atoms with Crippen LogP contribution in [0.3, 0.4) is 0 Å². The summed E-state index contributed by atoms with van der Waals surface area (Å²) in [5.41, 5.74) is 1.52. The molecule has 2 rings (SSSR count). The molecule has 0 radical (unpaired) electrons. The minimum Gasteiger partial charge on any atom is -0.444 e. The van der Waals surface area contributed by atoms with Crippen LogP contribution in [0.25, 0.3) is 0 Å². The molecule has 162 valence electrons. The van der Waals surface area contributed by atoms with Crippen LogP contribution in [0.1, 0.15) is 51.7 Å². The van der Waals surface area contributed by atoms with Crippen molar-refractivity contribution in [3.8, 4) is 0 Å². The Morgan fingerprint density at radius 3 is 2.79 bits per heavy atom. The quantitative estimate of drug-likeness (QED) is 0.246. The monoisotopic (exact) mass is 443 g/mol. The van der Waals surface area contributed by atoms with E-state index < -0.39 is 5.91 Å². The fourth-order valence-electron chi connectivity index (χ4n) is 2.34. The zero-order valence-corrected chi connectivity index (χ0v) is 18.6. The molecular weight excluding hydrogens is 414 g/mol. The highest BCUT2D eigenvalue weighted by Crippen LogP contribution is 2.32. The summed E-state index contributed by atoms with van der Waals surface area (Å²) in [5, 5.41) is 14.9. The van der Waals surface area contributed by atoms with Crippen molar-refractivity contribution in [2.24, 2.45) is 4.99 Å². The van der Waals surface area contributed by atoms with E-state index in [9.17, 15) is 9.59 Å². The van der Waals surface area contributed by atoms with Crippen molar-refractivity contribution in [3.05, 3.63) is 17.8 Å². The van der Waals surface area contributed by atoms with Gasteiger partial charge in [0.25, 0.3) is 0 Å². The Hall–Kier alpha value is -1.56. The number of hydrogen-bond donors (Lipinski definition) is 4. The third-order valence-corrected chi connectivity index (χ3v) is 6.47. The van der Waals surface area contributed by atoms with Gasteiger partial charge in [-0.2, -0.15) is 0 Å². The molecule has 11 heteroatoms. The summed E-state index contributed by atoms with van der Waals surface area (Å²) in [6.07, 6.45) is 3.02. The van der Waals surface area contributed by atoms with Gasteiger partial charge < -0.3 is 15.1 Å². The molecule has 1 unspecified atom stereocenters. The molecule has 0 saturated heterocycles. The topological polar surface area (TPSA) is 129 Å². The van der Waals surface area contributed by atoms with Crippen LogP contribution in [-0.4, -0.2) is 51.4 Å². The number of oxazole rings is 1. The van der Waals surface area contributed by atoms with Gasteiger partial charge in [0.2, 0.25) is 17.7 Å². The standard InChI is InChI=1S/C18H29N5O4S2/c1-18(2,3)12-9-20-15(27-12)11-28-16-10-21-17(29-16)22-13(24)5-4-7-19-8-6-14(25)23-26/h9,16,19,26H,4-8,10-11H2,1-3H3,(H,23,25)(H,21,22,24). The van der Waals surface area contributed by atoms with Crippen molar-refractivity contribution < 1.29 is 19.2 Å². The van der Waals surface area contributed by atoms with E-state index in [1.807, 2.05) is 0 Å². The molecule has 1 aliphatic rings. The van der Waals surface area contributed by atoms with Crippen LogP contribution in [0.15, 0.2) is 15.6 Å². The summed E-state index contributed by atoms with van der Waals surface area (Å²) in [6.45, 7) is 7.99. The summed E-state index contributed by atoms with van der Waals surface area (Å²) >= 11 is 3.25. The van der Waals surface area contributed by atoms with Crippen molar-refractivity contribution in [1.29, 1.82) is 0 Å².